The first kappa shape index (κ1) is 15.7. The van der Waals surface area contributed by atoms with Crippen LogP contribution < -0.4 is 15.2 Å². The van der Waals surface area contributed by atoms with Crippen molar-refractivity contribution in [1.29, 1.82) is 0 Å². The number of hydrogen-bond acceptors (Lipinski definition) is 5. The van der Waals surface area contributed by atoms with Gasteiger partial charge in [0.25, 0.3) is 0 Å². The van der Waals surface area contributed by atoms with E-state index in [0.717, 1.165) is 0 Å². The van der Waals surface area contributed by atoms with E-state index in [1.165, 1.54) is 13.8 Å². The minimum Gasteiger partial charge on any atom is -0.492 e. The fraction of sp³-hybridized carbons (Fsp3) is 0.500. The van der Waals surface area contributed by atoms with Gasteiger partial charge in [-0.25, -0.2) is 13.1 Å². The van der Waals surface area contributed by atoms with Gasteiger partial charge in [-0.3, -0.25) is 0 Å². The van der Waals surface area contributed by atoms with E-state index < -0.39 is 15.6 Å². The quantitative estimate of drug-likeness (QED) is 0.628. The molecule has 0 radical (unpaired) electrons. The summed E-state index contributed by atoms with van der Waals surface area (Å²) in [5, 5.41) is 9.44. The number of nitrogens with two attached hydrogens (primary N) is 1. The van der Waals surface area contributed by atoms with E-state index >= 15 is 0 Å². The minimum absolute atomic E-state index is 0.0306. The molecule has 0 unspecified atom stereocenters. The van der Waals surface area contributed by atoms with Crippen molar-refractivity contribution in [2.24, 2.45) is 0 Å². The fourth-order valence-corrected chi connectivity index (χ4v) is 2.21. The second-order valence-corrected chi connectivity index (χ2v) is 6.80. The Morgan fingerprint density at radius 2 is 1.89 bits per heavy atom. The van der Waals surface area contributed by atoms with Crippen LogP contribution in [0.1, 0.15) is 13.8 Å². The normalized spacial score (nSPS) is 12.4. The molecule has 0 aliphatic rings. The summed E-state index contributed by atoms with van der Waals surface area (Å²) in [6, 6.07) is 6.70. The molecule has 0 fully saturated rings. The summed E-state index contributed by atoms with van der Waals surface area (Å²) in [6.45, 7) is 3.06. The van der Waals surface area contributed by atoms with Gasteiger partial charge >= 0.3 is 0 Å². The molecule has 7 heteroatoms. The number of ether oxygens (including phenoxy) is 1. The Morgan fingerprint density at radius 3 is 2.42 bits per heavy atom. The van der Waals surface area contributed by atoms with E-state index in [-0.39, 0.29) is 18.9 Å². The number of sulfonamides is 1. The molecule has 0 saturated carbocycles. The number of nitrogen functional groups attached to an aromatic ring is 1. The molecule has 0 heterocycles. The first-order valence-corrected chi connectivity index (χ1v) is 7.51. The Morgan fingerprint density at radius 1 is 1.32 bits per heavy atom. The van der Waals surface area contributed by atoms with Crippen LogP contribution in [-0.4, -0.2) is 38.0 Å². The van der Waals surface area contributed by atoms with Gasteiger partial charge in [0.2, 0.25) is 10.0 Å². The lowest BCUT2D eigenvalue weighted by Gasteiger charge is -2.17. The van der Waals surface area contributed by atoms with Crippen molar-refractivity contribution in [2.75, 3.05) is 24.6 Å². The molecule has 0 aliphatic carbocycles. The third-order valence-electron chi connectivity index (χ3n) is 2.23. The molecule has 0 bridgehead atoms. The molecule has 1 rings (SSSR count). The molecule has 4 N–H and O–H groups in total. The van der Waals surface area contributed by atoms with Crippen LogP contribution in [0.3, 0.4) is 0 Å². The van der Waals surface area contributed by atoms with Crippen LogP contribution in [0.4, 0.5) is 5.69 Å². The molecule has 19 heavy (non-hydrogen) atoms. The molecule has 6 nitrogen and oxygen atoms in total. The molecule has 0 aromatic heterocycles. The van der Waals surface area contributed by atoms with Crippen LogP contribution in [-0.2, 0) is 10.0 Å². The van der Waals surface area contributed by atoms with Crippen LogP contribution >= 0.6 is 0 Å². The van der Waals surface area contributed by atoms with Crippen molar-refractivity contribution in [1.82, 2.24) is 4.72 Å². The zero-order valence-corrected chi connectivity index (χ0v) is 11.9. The van der Waals surface area contributed by atoms with E-state index in [1.54, 1.807) is 24.3 Å². The Bertz CT molecular complexity index is 491. The lowest BCUT2D eigenvalue weighted by Crippen LogP contribution is -2.40. The van der Waals surface area contributed by atoms with Crippen LogP contribution in [0, 0.1) is 0 Å². The van der Waals surface area contributed by atoms with Crippen molar-refractivity contribution in [3.8, 4) is 5.75 Å². The van der Waals surface area contributed by atoms with Gasteiger partial charge in [0.15, 0.2) is 0 Å². The Balaban J connectivity index is 2.37. The molecule has 0 atom stereocenters. The van der Waals surface area contributed by atoms with Crippen molar-refractivity contribution in [3.05, 3.63) is 24.3 Å². The summed E-state index contributed by atoms with van der Waals surface area (Å²) in [4.78, 5) is 0. The van der Waals surface area contributed by atoms with Gasteiger partial charge in [-0.05, 0) is 38.1 Å². The number of anilines is 1. The Hall–Kier alpha value is -1.31. The fourth-order valence-electron chi connectivity index (χ4n) is 1.19. The highest BCUT2D eigenvalue weighted by Crippen LogP contribution is 2.12. The van der Waals surface area contributed by atoms with Gasteiger partial charge in [-0.15, -0.1) is 0 Å². The summed E-state index contributed by atoms with van der Waals surface area (Å²) >= 11 is 0. The summed E-state index contributed by atoms with van der Waals surface area (Å²) in [5.74, 6) is 0.389. The van der Waals surface area contributed by atoms with E-state index in [9.17, 15) is 13.5 Å². The predicted molar refractivity (Wildman–Crippen MR) is 74.4 cm³/mol. The van der Waals surface area contributed by atoms with E-state index in [4.69, 9.17) is 10.5 Å². The monoisotopic (exact) mass is 288 g/mol. The van der Waals surface area contributed by atoms with Crippen molar-refractivity contribution >= 4 is 15.7 Å². The van der Waals surface area contributed by atoms with Gasteiger partial charge < -0.3 is 15.6 Å². The van der Waals surface area contributed by atoms with Crippen molar-refractivity contribution in [3.63, 3.8) is 0 Å². The molecular weight excluding hydrogens is 268 g/mol. The predicted octanol–water partition coefficient (Wildman–Crippen LogP) is 0.338. The average molecular weight is 288 g/mol. The second kappa shape index (κ2) is 6.23. The maximum atomic E-state index is 11.6. The third kappa shape index (κ3) is 7.00. The largest absolute Gasteiger partial charge is 0.492 e. The highest BCUT2D eigenvalue weighted by molar-refractivity contribution is 7.89. The molecule has 0 amide bonds. The van der Waals surface area contributed by atoms with Crippen molar-refractivity contribution < 1.29 is 18.3 Å². The number of rotatable bonds is 7. The smallest absolute Gasteiger partial charge is 0.215 e. The summed E-state index contributed by atoms with van der Waals surface area (Å²) in [5.41, 5.74) is 5.06. The van der Waals surface area contributed by atoms with E-state index in [1.807, 2.05) is 0 Å². The minimum atomic E-state index is -3.45. The second-order valence-electron chi connectivity index (χ2n) is 4.87. The van der Waals surface area contributed by atoms with Gasteiger partial charge in [0.05, 0.1) is 11.4 Å². The molecule has 108 valence electrons. The summed E-state index contributed by atoms with van der Waals surface area (Å²) in [6.07, 6.45) is 0. The lowest BCUT2D eigenvalue weighted by molar-refractivity contribution is 0.0857. The van der Waals surface area contributed by atoms with Crippen molar-refractivity contribution in [2.45, 2.75) is 19.4 Å². The first-order valence-electron chi connectivity index (χ1n) is 5.86. The Kier molecular flexibility index (Phi) is 5.16. The van der Waals surface area contributed by atoms with Gasteiger partial charge in [-0.2, -0.15) is 0 Å². The standard InChI is InChI=1S/C12H20N2O4S/c1-12(2,15)9-14-19(16,17)8-7-18-11-5-3-10(13)4-6-11/h3-6,14-15H,7-9,13H2,1-2H3. The number of aliphatic hydroxyl groups is 1. The van der Waals surface area contributed by atoms with Crippen LogP contribution in [0.5, 0.6) is 5.75 Å². The van der Waals surface area contributed by atoms with Crippen LogP contribution in [0.15, 0.2) is 24.3 Å². The molecule has 0 aliphatic heterocycles. The SMILES string of the molecule is CC(C)(O)CNS(=O)(=O)CCOc1ccc(N)cc1. The zero-order chi connectivity index (χ0) is 14.5. The Labute approximate surface area is 113 Å². The number of nitrogens with one attached hydrogen (secondary N) is 1. The molecule has 0 spiro atoms. The molecule has 1 aromatic rings. The maximum Gasteiger partial charge on any atom is 0.215 e. The first-order chi connectivity index (χ1) is 8.68. The highest BCUT2D eigenvalue weighted by atomic mass is 32.2. The van der Waals surface area contributed by atoms with E-state index in [0.29, 0.717) is 11.4 Å². The van der Waals surface area contributed by atoms with E-state index in [2.05, 4.69) is 4.72 Å². The third-order valence-corrected chi connectivity index (χ3v) is 3.51. The molecule has 1 aromatic carbocycles. The lowest BCUT2D eigenvalue weighted by atomic mass is 10.1. The number of benzene rings is 1. The van der Waals surface area contributed by atoms with Gasteiger partial charge in [0, 0.05) is 12.2 Å². The van der Waals surface area contributed by atoms with Gasteiger partial charge in [0.1, 0.15) is 12.4 Å². The average Bonchev–Trinajstić information content (AvgIpc) is 2.29. The van der Waals surface area contributed by atoms with Crippen LogP contribution in [0.25, 0.3) is 0 Å². The number of hydrogen-bond donors (Lipinski definition) is 3. The summed E-state index contributed by atoms with van der Waals surface area (Å²) in [7, 11) is -3.45. The maximum absolute atomic E-state index is 11.6. The molecular formula is C12H20N2O4S. The highest BCUT2D eigenvalue weighted by Gasteiger charge is 2.17. The summed E-state index contributed by atoms with van der Waals surface area (Å²) < 4.78 is 30.8. The molecule has 0 saturated heterocycles. The zero-order valence-electron chi connectivity index (χ0n) is 11.1. The van der Waals surface area contributed by atoms with Crippen LogP contribution in [0.2, 0.25) is 0 Å². The van der Waals surface area contributed by atoms with Gasteiger partial charge in [-0.1, -0.05) is 0 Å². The topological polar surface area (TPSA) is 102 Å².